The molecule has 8 heteroatoms. The minimum absolute atomic E-state index is 0.0185. The molecule has 0 aliphatic carbocycles. The normalized spacial score (nSPS) is 16.8. The SMILES string of the molecule is CC(=O)c1ccc(N2CCN(S(=O)(=O)c3ccc4c(c3)C(=C(C)C)C(=O)N4)CC2)cc1. The Morgan fingerprint density at radius 2 is 1.58 bits per heavy atom. The highest BCUT2D eigenvalue weighted by atomic mass is 32.2. The number of anilines is 2. The number of benzene rings is 2. The molecule has 162 valence electrons. The summed E-state index contributed by atoms with van der Waals surface area (Å²) in [5, 5.41) is 2.79. The predicted octanol–water partition coefficient (Wildman–Crippen LogP) is 3.15. The molecule has 1 amide bonds. The summed E-state index contributed by atoms with van der Waals surface area (Å²) in [6.07, 6.45) is 0. The van der Waals surface area contributed by atoms with Gasteiger partial charge in [0.2, 0.25) is 10.0 Å². The highest BCUT2D eigenvalue weighted by Gasteiger charge is 2.32. The maximum absolute atomic E-state index is 13.3. The monoisotopic (exact) mass is 439 g/mol. The Balaban J connectivity index is 1.52. The Bertz CT molecular complexity index is 1190. The molecule has 1 saturated heterocycles. The summed E-state index contributed by atoms with van der Waals surface area (Å²) in [6, 6.07) is 12.2. The van der Waals surface area contributed by atoms with Gasteiger partial charge in [-0.2, -0.15) is 4.31 Å². The number of allylic oxidation sites excluding steroid dienone is 1. The lowest BCUT2D eigenvalue weighted by molar-refractivity contribution is -0.110. The average molecular weight is 440 g/mol. The van der Waals surface area contributed by atoms with E-state index < -0.39 is 10.0 Å². The van der Waals surface area contributed by atoms with Crippen molar-refractivity contribution in [3.05, 3.63) is 59.2 Å². The van der Waals surface area contributed by atoms with E-state index in [1.807, 2.05) is 26.0 Å². The smallest absolute Gasteiger partial charge is 0.256 e. The van der Waals surface area contributed by atoms with Crippen LogP contribution in [0.25, 0.3) is 5.57 Å². The third kappa shape index (κ3) is 3.88. The zero-order chi connectivity index (χ0) is 22.3. The van der Waals surface area contributed by atoms with Crippen LogP contribution in [0.2, 0.25) is 0 Å². The molecular formula is C23H25N3O4S. The van der Waals surface area contributed by atoms with E-state index >= 15 is 0 Å². The Kier molecular flexibility index (Phi) is 5.45. The quantitative estimate of drug-likeness (QED) is 0.584. The van der Waals surface area contributed by atoms with Crippen LogP contribution < -0.4 is 10.2 Å². The lowest BCUT2D eigenvalue weighted by Gasteiger charge is -2.35. The molecule has 1 N–H and O–H groups in total. The van der Waals surface area contributed by atoms with E-state index in [1.54, 1.807) is 30.3 Å². The fraction of sp³-hybridized carbons (Fsp3) is 0.304. The molecule has 2 aromatic carbocycles. The van der Waals surface area contributed by atoms with Gasteiger partial charge < -0.3 is 10.2 Å². The van der Waals surface area contributed by atoms with Gasteiger partial charge in [0.25, 0.3) is 5.91 Å². The molecule has 0 radical (unpaired) electrons. The number of hydrogen-bond acceptors (Lipinski definition) is 5. The van der Waals surface area contributed by atoms with E-state index in [2.05, 4.69) is 10.2 Å². The van der Waals surface area contributed by atoms with Crippen LogP contribution in [0.1, 0.15) is 36.7 Å². The summed E-state index contributed by atoms with van der Waals surface area (Å²) in [5.74, 6) is -0.182. The van der Waals surface area contributed by atoms with E-state index in [-0.39, 0.29) is 16.6 Å². The van der Waals surface area contributed by atoms with Crippen LogP contribution in [0.3, 0.4) is 0 Å². The topological polar surface area (TPSA) is 86.8 Å². The van der Waals surface area contributed by atoms with E-state index in [0.29, 0.717) is 48.6 Å². The van der Waals surface area contributed by atoms with Gasteiger partial charge in [0.15, 0.2) is 5.78 Å². The third-order valence-corrected chi connectivity index (χ3v) is 7.65. The molecule has 31 heavy (non-hydrogen) atoms. The summed E-state index contributed by atoms with van der Waals surface area (Å²) >= 11 is 0. The number of nitrogens with one attached hydrogen (secondary N) is 1. The maximum atomic E-state index is 13.3. The molecule has 1 fully saturated rings. The average Bonchev–Trinajstić information content (AvgIpc) is 3.09. The van der Waals surface area contributed by atoms with Crippen molar-refractivity contribution in [1.29, 1.82) is 0 Å². The molecule has 0 unspecified atom stereocenters. The number of ketones is 1. The number of hydrogen-bond donors (Lipinski definition) is 1. The Hall–Kier alpha value is -2.97. The lowest BCUT2D eigenvalue weighted by Crippen LogP contribution is -2.48. The van der Waals surface area contributed by atoms with Crippen LogP contribution in [-0.2, 0) is 14.8 Å². The standard InChI is InChI=1S/C23H25N3O4S/c1-15(2)22-20-14-19(8-9-21(20)24-23(22)28)31(29,30)26-12-10-25(11-13-26)18-6-4-17(5-7-18)16(3)27/h4-9,14H,10-13H2,1-3H3,(H,24,28). The van der Waals surface area contributed by atoms with E-state index in [1.165, 1.54) is 11.2 Å². The van der Waals surface area contributed by atoms with Crippen LogP contribution in [0.5, 0.6) is 0 Å². The van der Waals surface area contributed by atoms with Crippen LogP contribution >= 0.6 is 0 Å². The summed E-state index contributed by atoms with van der Waals surface area (Å²) in [5.41, 5.74) is 4.28. The van der Waals surface area contributed by atoms with Gasteiger partial charge in [-0.25, -0.2) is 8.42 Å². The highest BCUT2D eigenvalue weighted by molar-refractivity contribution is 7.89. The zero-order valence-corrected chi connectivity index (χ0v) is 18.6. The molecule has 0 spiro atoms. The third-order valence-electron chi connectivity index (χ3n) is 5.75. The maximum Gasteiger partial charge on any atom is 0.256 e. The molecule has 2 aliphatic rings. The zero-order valence-electron chi connectivity index (χ0n) is 17.8. The van der Waals surface area contributed by atoms with Crippen molar-refractivity contribution < 1.29 is 18.0 Å². The Morgan fingerprint density at radius 3 is 2.16 bits per heavy atom. The van der Waals surface area contributed by atoms with Crippen molar-refractivity contribution >= 4 is 38.7 Å². The van der Waals surface area contributed by atoms with E-state index in [4.69, 9.17) is 0 Å². The van der Waals surface area contributed by atoms with Gasteiger partial charge in [0.1, 0.15) is 0 Å². The number of rotatable bonds is 4. The van der Waals surface area contributed by atoms with Crippen molar-refractivity contribution in [2.45, 2.75) is 25.7 Å². The molecule has 4 rings (SSSR count). The molecule has 0 aromatic heterocycles. The molecular weight excluding hydrogens is 414 g/mol. The van der Waals surface area contributed by atoms with Gasteiger partial charge >= 0.3 is 0 Å². The first kappa shape index (κ1) is 21.3. The van der Waals surface area contributed by atoms with Crippen molar-refractivity contribution in [2.24, 2.45) is 0 Å². The Labute approximate surface area is 182 Å². The highest BCUT2D eigenvalue weighted by Crippen LogP contribution is 2.36. The van der Waals surface area contributed by atoms with Crippen molar-refractivity contribution in [1.82, 2.24) is 4.31 Å². The van der Waals surface area contributed by atoms with Gasteiger partial charge in [-0.15, -0.1) is 0 Å². The largest absolute Gasteiger partial charge is 0.369 e. The Morgan fingerprint density at radius 1 is 0.935 bits per heavy atom. The van der Waals surface area contributed by atoms with Crippen LogP contribution in [0.15, 0.2) is 52.9 Å². The number of sulfonamides is 1. The first-order chi connectivity index (χ1) is 14.7. The molecule has 2 aliphatic heterocycles. The number of Topliss-reactive ketones (excluding diaryl/α,β-unsaturated/α-hetero) is 1. The number of fused-ring (bicyclic) bond motifs is 1. The first-order valence-electron chi connectivity index (χ1n) is 10.2. The fourth-order valence-corrected chi connectivity index (χ4v) is 5.49. The number of piperazine rings is 1. The van der Waals surface area contributed by atoms with Crippen molar-refractivity contribution in [3.63, 3.8) is 0 Å². The molecule has 0 saturated carbocycles. The number of nitrogens with zero attached hydrogens (tertiary/aromatic N) is 2. The first-order valence-corrected chi connectivity index (χ1v) is 11.6. The second-order valence-corrected chi connectivity index (χ2v) is 9.97. The predicted molar refractivity (Wildman–Crippen MR) is 121 cm³/mol. The van der Waals surface area contributed by atoms with Gasteiger partial charge in [-0.05, 0) is 63.2 Å². The minimum atomic E-state index is -3.67. The van der Waals surface area contributed by atoms with Crippen molar-refractivity contribution in [2.75, 3.05) is 36.4 Å². The number of amides is 1. The van der Waals surface area contributed by atoms with Crippen molar-refractivity contribution in [3.8, 4) is 0 Å². The van der Waals surface area contributed by atoms with Crippen LogP contribution in [-0.4, -0.2) is 50.6 Å². The molecule has 7 nitrogen and oxygen atoms in total. The lowest BCUT2D eigenvalue weighted by atomic mass is 10.0. The second-order valence-electron chi connectivity index (χ2n) is 8.03. The van der Waals surface area contributed by atoms with Gasteiger partial charge in [0.05, 0.1) is 4.90 Å². The van der Waals surface area contributed by atoms with E-state index in [9.17, 15) is 18.0 Å². The summed E-state index contributed by atoms with van der Waals surface area (Å²) < 4.78 is 28.0. The molecule has 2 heterocycles. The molecule has 2 aromatic rings. The second kappa shape index (κ2) is 7.94. The minimum Gasteiger partial charge on any atom is -0.369 e. The van der Waals surface area contributed by atoms with Gasteiger partial charge in [0, 0.05) is 54.3 Å². The number of carbonyl (C=O) groups excluding carboxylic acids is 2. The van der Waals surface area contributed by atoms with Crippen LogP contribution in [0.4, 0.5) is 11.4 Å². The number of carbonyl (C=O) groups is 2. The fourth-order valence-electron chi connectivity index (χ4n) is 4.05. The summed E-state index contributed by atoms with van der Waals surface area (Å²) in [6.45, 7) is 7.05. The van der Waals surface area contributed by atoms with Gasteiger partial charge in [-0.1, -0.05) is 5.57 Å². The summed E-state index contributed by atoms with van der Waals surface area (Å²) in [4.78, 5) is 26.0. The molecule has 0 bridgehead atoms. The summed E-state index contributed by atoms with van der Waals surface area (Å²) in [7, 11) is -3.67. The molecule has 0 atom stereocenters. The van der Waals surface area contributed by atoms with E-state index in [0.717, 1.165) is 11.3 Å². The van der Waals surface area contributed by atoms with Gasteiger partial charge in [-0.3, -0.25) is 9.59 Å². The van der Waals surface area contributed by atoms with Crippen LogP contribution in [0, 0.1) is 0 Å².